The minimum absolute atomic E-state index is 0.138. The zero-order valence-electron chi connectivity index (χ0n) is 12.3. The molecule has 0 radical (unpaired) electrons. The molecule has 0 atom stereocenters. The number of rotatable bonds is 1. The molecule has 1 aliphatic heterocycles. The van der Waals surface area contributed by atoms with Gasteiger partial charge in [0, 0.05) is 30.2 Å². The highest BCUT2D eigenvalue weighted by Gasteiger charge is 2.20. The third-order valence-electron chi connectivity index (χ3n) is 4.16. The Morgan fingerprint density at radius 2 is 1.86 bits per heavy atom. The third kappa shape index (κ3) is 2.71. The number of carbonyl (C=O) groups excluding carboxylic acids is 1. The highest BCUT2D eigenvalue weighted by Crippen LogP contribution is 2.14. The van der Waals surface area contributed by atoms with Crippen LogP contribution < -0.4 is 5.43 Å². The van der Waals surface area contributed by atoms with Gasteiger partial charge in [-0.15, -0.1) is 0 Å². The first kappa shape index (κ1) is 13.9. The molecule has 0 saturated carbocycles. The van der Waals surface area contributed by atoms with E-state index in [1.54, 1.807) is 12.3 Å². The van der Waals surface area contributed by atoms with Gasteiger partial charge in [0.05, 0.1) is 0 Å². The van der Waals surface area contributed by atoms with E-state index in [1.807, 2.05) is 24.0 Å². The van der Waals surface area contributed by atoms with E-state index in [2.05, 4.69) is 4.98 Å². The van der Waals surface area contributed by atoms with Crippen LogP contribution in [0.15, 0.2) is 29.2 Å². The van der Waals surface area contributed by atoms with Crippen molar-refractivity contribution in [1.82, 2.24) is 9.88 Å². The maximum absolute atomic E-state index is 12.6. The maximum Gasteiger partial charge on any atom is 0.259 e. The molecule has 2 heterocycles. The molecule has 0 aliphatic carbocycles. The minimum atomic E-state index is -0.169. The molecular weight excluding hydrogens is 264 g/mol. The predicted molar refractivity (Wildman–Crippen MR) is 83.7 cm³/mol. The molecule has 1 aromatic carbocycles. The Hall–Kier alpha value is -2.10. The van der Waals surface area contributed by atoms with Crippen molar-refractivity contribution in [1.29, 1.82) is 0 Å². The van der Waals surface area contributed by atoms with E-state index in [0.717, 1.165) is 49.9 Å². The van der Waals surface area contributed by atoms with Gasteiger partial charge in [-0.25, -0.2) is 0 Å². The molecule has 2 aromatic rings. The Morgan fingerprint density at radius 3 is 2.57 bits per heavy atom. The largest absolute Gasteiger partial charge is 0.360 e. The quantitative estimate of drug-likeness (QED) is 0.875. The smallest absolute Gasteiger partial charge is 0.259 e. The number of nitrogens with zero attached hydrogens (tertiary/aromatic N) is 1. The lowest BCUT2D eigenvalue weighted by molar-refractivity contribution is 0.0760. The van der Waals surface area contributed by atoms with Gasteiger partial charge in [0.15, 0.2) is 0 Å². The molecule has 1 aromatic heterocycles. The van der Waals surface area contributed by atoms with E-state index < -0.39 is 0 Å². The highest BCUT2D eigenvalue weighted by molar-refractivity contribution is 5.97. The summed E-state index contributed by atoms with van der Waals surface area (Å²) >= 11 is 0. The molecular formula is C17H20N2O2. The molecule has 21 heavy (non-hydrogen) atoms. The summed E-state index contributed by atoms with van der Waals surface area (Å²) < 4.78 is 0. The van der Waals surface area contributed by atoms with Crippen LogP contribution in [-0.4, -0.2) is 28.9 Å². The number of amides is 1. The second-order valence-electron chi connectivity index (χ2n) is 5.79. The van der Waals surface area contributed by atoms with Gasteiger partial charge in [-0.05, 0) is 37.5 Å². The third-order valence-corrected chi connectivity index (χ3v) is 4.16. The van der Waals surface area contributed by atoms with E-state index in [1.165, 1.54) is 0 Å². The number of aromatic nitrogens is 1. The zero-order chi connectivity index (χ0) is 14.8. The van der Waals surface area contributed by atoms with E-state index >= 15 is 0 Å². The Bertz CT molecular complexity index is 725. The van der Waals surface area contributed by atoms with E-state index in [-0.39, 0.29) is 16.9 Å². The van der Waals surface area contributed by atoms with Gasteiger partial charge in [0.2, 0.25) is 5.43 Å². The summed E-state index contributed by atoms with van der Waals surface area (Å²) in [5.41, 5.74) is 1.96. The molecule has 0 bridgehead atoms. The van der Waals surface area contributed by atoms with Crippen molar-refractivity contribution < 1.29 is 4.79 Å². The Kier molecular flexibility index (Phi) is 3.78. The highest BCUT2D eigenvalue weighted by atomic mass is 16.2. The molecule has 1 amide bonds. The summed E-state index contributed by atoms with van der Waals surface area (Å²) in [5, 5.41) is 0.585. The molecule has 3 rings (SSSR count). The van der Waals surface area contributed by atoms with Crippen molar-refractivity contribution in [2.24, 2.45) is 0 Å². The minimum Gasteiger partial charge on any atom is -0.360 e. The number of fused-ring (bicyclic) bond motifs is 1. The van der Waals surface area contributed by atoms with Gasteiger partial charge in [0.25, 0.3) is 5.91 Å². The van der Waals surface area contributed by atoms with Crippen LogP contribution >= 0.6 is 0 Å². The van der Waals surface area contributed by atoms with Crippen molar-refractivity contribution in [2.75, 3.05) is 13.1 Å². The summed E-state index contributed by atoms with van der Waals surface area (Å²) in [4.78, 5) is 30.0. The molecule has 1 N–H and O–H groups in total. The normalized spacial score (nSPS) is 16.0. The fourth-order valence-electron chi connectivity index (χ4n) is 2.94. The van der Waals surface area contributed by atoms with Crippen LogP contribution in [0, 0.1) is 6.92 Å². The molecule has 110 valence electrons. The topological polar surface area (TPSA) is 53.2 Å². The maximum atomic E-state index is 12.6. The summed E-state index contributed by atoms with van der Waals surface area (Å²) in [5.74, 6) is -0.138. The number of nitrogens with one attached hydrogen (secondary N) is 1. The Morgan fingerprint density at radius 1 is 1.14 bits per heavy atom. The molecule has 0 unspecified atom stereocenters. The molecule has 1 fully saturated rings. The molecule has 0 spiro atoms. The van der Waals surface area contributed by atoms with Gasteiger partial charge in [0.1, 0.15) is 5.56 Å². The second-order valence-corrected chi connectivity index (χ2v) is 5.79. The number of carbonyl (C=O) groups is 1. The van der Waals surface area contributed by atoms with Gasteiger partial charge in [-0.2, -0.15) is 0 Å². The number of benzene rings is 1. The van der Waals surface area contributed by atoms with Crippen molar-refractivity contribution in [2.45, 2.75) is 32.6 Å². The average Bonchev–Trinajstić information content (AvgIpc) is 2.76. The Labute approximate surface area is 123 Å². The van der Waals surface area contributed by atoms with Gasteiger partial charge in [-0.3, -0.25) is 9.59 Å². The van der Waals surface area contributed by atoms with Gasteiger partial charge in [-0.1, -0.05) is 18.9 Å². The summed E-state index contributed by atoms with van der Waals surface area (Å²) in [7, 11) is 0. The lowest BCUT2D eigenvalue weighted by Gasteiger charge is -2.20. The van der Waals surface area contributed by atoms with Crippen LogP contribution in [0.5, 0.6) is 0 Å². The first-order valence-corrected chi connectivity index (χ1v) is 7.58. The van der Waals surface area contributed by atoms with Crippen molar-refractivity contribution in [3.63, 3.8) is 0 Å². The zero-order valence-corrected chi connectivity index (χ0v) is 12.3. The first-order valence-electron chi connectivity index (χ1n) is 7.58. The van der Waals surface area contributed by atoms with E-state index in [4.69, 9.17) is 0 Å². The SMILES string of the molecule is Cc1ccc2c(=O)c(C(=O)N3CCCCCC3)c[nH]c2c1. The number of aryl methyl sites for hydroxylation is 1. The van der Waals surface area contributed by atoms with Crippen LogP contribution in [0.3, 0.4) is 0 Å². The van der Waals surface area contributed by atoms with Crippen LogP contribution in [0.25, 0.3) is 10.9 Å². The van der Waals surface area contributed by atoms with Crippen LogP contribution in [0.1, 0.15) is 41.6 Å². The predicted octanol–water partition coefficient (Wildman–Crippen LogP) is 2.85. The standard InChI is InChI=1S/C17H20N2O2/c1-12-6-7-13-15(10-12)18-11-14(16(13)20)17(21)19-8-4-2-3-5-9-19/h6-7,10-11H,2-5,8-9H2,1H3,(H,18,20). The lowest BCUT2D eigenvalue weighted by atomic mass is 10.1. The van der Waals surface area contributed by atoms with E-state index in [0.29, 0.717) is 5.39 Å². The van der Waals surface area contributed by atoms with Crippen LogP contribution in [0.4, 0.5) is 0 Å². The van der Waals surface area contributed by atoms with Crippen LogP contribution in [-0.2, 0) is 0 Å². The Balaban J connectivity index is 2.00. The summed E-state index contributed by atoms with van der Waals surface area (Å²) in [6, 6.07) is 5.62. The molecule has 4 nitrogen and oxygen atoms in total. The molecule has 1 saturated heterocycles. The monoisotopic (exact) mass is 284 g/mol. The lowest BCUT2D eigenvalue weighted by Crippen LogP contribution is -2.35. The first-order chi connectivity index (χ1) is 10.2. The number of hydrogen-bond donors (Lipinski definition) is 1. The molecule has 4 heteroatoms. The summed E-state index contributed by atoms with van der Waals surface area (Å²) in [6.45, 7) is 3.49. The van der Waals surface area contributed by atoms with Gasteiger partial charge < -0.3 is 9.88 Å². The fraction of sp³-hybridized carbons (Fsp3) is 0.412. The van der Waals surface area contributed by atoms with Crippen LogP contribution in [0.2, 0.25) is 0 Å². The number of likely N-dealkylation sites (tertiary alicyclic amines) is 1. The number of H-pyrrole nitrogens is 1. The van der Waals surface area contributed by atoms with E-state index in [9.17, 15) is 9.59 Å². The molecule has 1 aliphatic rings. The summed E-state index contributed by atoms with van der Waals surface area (Å²) in [6.07, 6.45) is 5.94. The fourth-order valence-corrected chi connectivity index (χ4v) is 2.94. The van der Waals surface area contributed by atoms with Crippen molar-refractivity contribution in [3.8, 4) is 0 Å². The van der Waals surface area contributed by atoms with Crippen molar-refractivity contribution >= 4 is 16.8 Å². The second kappa shape index (κ2) is 5.72. The number of aromatic amines is 1. The van der Waals surface area contributed by atoms with Gasteiger partial charge >= 0.3 is 0 Å². The average molecular weight is 284 g/mol. The van der Waals surface area contributed by atoms with Crippen molar-refractivity contribution in [3.05, 3.63) is 45.7 Å². The number of hydrogen-bond acceptors (Lipinski definition) is 2. The number of pyridine rings is 1.